The summed E-state index contributed by atoms with van der Waals surface area (Å²) in [5.41, 5.74) is 0.877. The van der Waals surface area contributed by atoms with Gasteiger partial charge >= 0.3 is 5.97 Å². The SMILES string of the molecule is C=C(C)COC(=O)CCI. The molecule has 0 rings (SSSR count). The van der Waals surface area contributed by atoms with Gasteiger partial charge in [-0.3, -0.25) is 4.79 Å². The minimum Gasteiger partial charge on any atom is -0.461 e. The van der Waals surface area contributed by atoms with E-state index in [9.17, 15) is 4.79 Å². The standard InChI is InChI=1S/C7H11IO2/c1-6(2)5-10-7(9)3-4-8/h1,3-5H2,2H3. The number of ether oxygens (including phenoxy) is 1. The number of esters is 1. The lowest BCUT2D eigenvalue weighted by molar-refractivity contribution is -0.142. The molecule has 0 aromatic heterocycles. The van der Waals surface area contributed by atoms with Gasteiger partial charge in [0.2, 0.25) is 0 Å². The molecule has 0 aliphatic rings. The summed E-state index contributed by atoms with van der Waals surface area (Å²) in [4.78, 5) is 10.7. The first kappa shape index (κ1) is 9.94. The average molecular weight is 254 g/mol. The zero-order valence-electron chi connectivity index (χ0n) is 6.02. The summed E-state index contributed by atoms with van der Waals surface area (Å²) in [6.07, 6.45) is 0.494. The van der Waals surface area contributed by atoms with E-state index < -0.39 is 0 Å². The third-order valence-corrected chi connectivity index (χ3v) is 1.32. The molecule has 58 valence electrons. The van der Waals surface area contributed by atoms with Gasteiger partial charge in [0.15, 0.2) is 0 Å². The Hall–Kier alpha value is -0.0600. The van der Waals surface area contributed by atoms with Crippen LogP contribution in [0.15, 0.2) is 12.2 Å². The fourth-order valence-electron chi connectivity index (χ4n) is 0.353. The highest BCUT2D eigenvalue weighted by Gasteiger charge is 1.99. The summed E-state index contributed by atoms with van der Waals surface area (Å²) >= 11 is 2.14. The summed E-state index contributed by atoms with van der Waals surface area (Å²) in [6.45, 7) is 5.80. The topological polar surface area (TPSA) is 26.3 Å². The molecule has 0 N–H and O–H groups in total. The van der Waals surface area contributed by atoms with Gasteiger partial charge in [-0.25, -0.2) is 0 Å². The van der Waals surface area contributed by atoms with Gasteiger partial charge < -0.3 is 4.74 Å². The molecule has 2 nitrogen and oxygen atoms in total. The van der Waals surface area contributed by atoms with Crippen molar-refractivity contribution in [1.29, 1.82) is 0 Å². The van der Waals surface area contributed by atoms with Crippen molar-refractivity contribution in [1.82, 2.24) is 0 Å². The number of alkyl halides is 1. The van der Waals surface area contributed by atoms with Crippen molar-refractivity contribution in [2.75, 3.05) is 11.0 Å². The molecule has 0 atom stereocenters. The zero-order chi connectivity index (χ0) is 7.98. The minimum absolute atomic E-state index is 0.141. The quantitative estimate of drug-likeness (QED) is 0.331. The third-order valence-electron chi connectivity index (χ3n) is 0.778. The summed E-state index contributed by atoms with van der Waals surface area (Å²) in [5, 5.41) is 0. The van der Waals surface area contributed by atoms with E-state index in [1.54, 1.807) is 0 Å². The van der Waals surface area contributed by atoms with Crippen LogP contribution in [0.3, 0.4) is 0 Å². The van der Waals surface area contributed by atoms with Crippen LogP contribution in [0.5, 0.6) is 0 Å². The molecule has 0 bridgehead atoms. The fourth-order valence-corrected chi connectivity index (χ4v) is 0.793. The van der Waals surface area contributed by atoms with Crippen LogP contribution < -0.4 is 0 Å². The van der Waals surface area contributed by atoms with Crippen molar-refractivity contribution in [3.63, 3.8) is 0 Å². The fraction of sp³-hybridized carbons (Fsp3) is 0.571. The lowest BCUT2D eigenvalue weighted by atomic mass is 10.4. The van der Waals surface area contributed by atoms with Gasteiger partial charge in [-0.1, -0.05) is 29.2 Å². The molecule has 3 heteroatoms. The molecule has 0 fully saturated rings. The molecular formula is C7H11IO2. The van der Waals surface area contributed by atoms with Gasteiger partial charge in [0.05, 0.1) is 6.42 Å². The maximum atomic E-state index is 10.7. The molecule has 0 amide bonds. The zero-order valence-corrected chi connectivity index (χ0v) is 8.18. The molecule has 0 spiro atoms. The Balaban J connectivity index is 3.30. The van der Waals surface area contributed by atoms with Crippen molar-refractivity contribution in [2.45, 2.75) is 13.3 Å². The molecule has 0 radical (unpaired) electrons. The van der Waals surface area contributed by atoms with E-state index in [0.29, 0.717) is 13.0 Å². The predicted molar refractivity (Wildman–Crippen MR) is 49.3 cm³/mol. The van der Waals surface area contributed by atoms with Gasteiger partial charge in [-0.05, 0) is 12.5 Å². The first-order valence-electron chi connectivity index (χ1n) is 3.02. The molecule has 0 aromatic rings. The highest BCUT2D eigenvalue weighted by Crippen LogP contribution is 1.94. The van der Waals surface area contributed by atoms with E-state index >= 15 is 0 Å². The van der Waals surface area contributed by atoms with Crippen LogP contribution in [0.25, 0.3) is 0 Å². The highest BCUT2D eigenvalue weighted by molar-refractivity contribution is 14.1. The summed E-state index contributed by atoms with van der Waals surface area (Å²) in [5.74, 6) is -0.141. The monoisotopic (exact) mass is 254 g/mol. The van der Waals surface area contributed by atoms with Crippen LogP contribution in [0.2, 0.25) is 0 Å². The second-order valence-corrected chi connectivity index (χ2v) is 3.14. The van der Waals surface area contributed by atoms with E-state index in [1.165, 1.54) is 0 Å². The summed E-state index contributed by atoms with van der Waals surface area (Å²) in [6, 6.07) is 0. The first-order chi connectivity index (χ1) is 4.66. The number of carbonyl (C=O) groups is 1. The minimum atomic E-state index is -0.141. The van der Waals surface area contributed by atoms with Crippen molar-refractivity contribution >= 4 is 28.6 Å². The van der Waals surface area contributed by atoms with E-state index in [0.717, 1.165) is 10.0 Å². The molecule has 10 heavy (non-hydrogen) atoms. The summed E-state index contributed by atoms with van der Waals surface area (Å²) < 4.78 is 5.61. The molecule has 0 aromatic carbocycles. The van der Waals surface area contributed by atoms with Gasteiger partial charge in [-0.15, -0.1) is 0 Å². The van der Waals surface area contributed by atoms with Crippen molar-refractivity contribution in [3.05, 3.63) is 12.2 Å². The van der Waals surface area contributed by atoms with Crippen LogP contribution in [-0.4, -0.2) is 17.0 Å². The molecule has 0 aliphatic carbocycles. The number of hydrogen-bond donors (Lipinski definition) is 0. The third kappa shape index (κ3) is 6.07. The molecule has 0 saturated heterocycles. The normalized spacial score (nSPS) is 9.00. The largest absolute Gasteiger partial charge is 0.461 e. The molecule has 0 aliphatic heterocycles. The van der Waals surface area contributed by atoms with Crippen molar-refractivity contribution in [3.8, 4) is 0 Å². The predicted octanol–water partition coefficient (Wildman–Crippen LogP) is 1.93. The van der Waals surface area contributed by atoms with E-state index in [2.05, 4.69) is 29.2 Å². The average Bonchev–Trinajstić information content (AvgIpc) is 1.85. The highest BCUT2D eigenvalue weighted by atomic mass is 127. The van der Waals surface area contributed by atoms with Crippen molar-refractivity contribution < 1.29 is 9.53 Å². The van der Waals surface area contributed by atoms with Crippen LogP contribution in [0.1, 0.15) is 13.3 Å². The maximum absolute atomic E-state index is 10.7. The maximum Gasteiger partial charge on any atom is 0.306 e. The Morgan fingerprint density at radius 3 is 2.70 bits per heavy atom. The molecule has 0 unspecified atom stereocenters. The second kappa shape index (κ2) is 5.70. The van der Waals surface area contributed by atoms with E-state index in [1.807, 2.05) is 6.92 Å². The Morgan fingerprint density at radius 2 is 2.30 bits per heavy atom. The smallest absolute Gasteiger partial charge is 0.306 e. The lowest BCUT2D eigenvalue weighted by Crippen LogP contribution is -2.06. The molecular weight excluding hydrogens is 243 g/mol. The number of halogens is 1. The van der Waals surface area contributed by atoms with E-state index in [4.69, 9.17) is 4.74 Å². The molecule has 0 saturated carbocycles. The van der Waals surface area contributed by atoms with Crippen LogP contribution in [0.4, 0.5) is 0 Å². The number of hydrogen-bond acceptors (Lipinski definition) is 2. The first-order valence-corrected chi connectivity index (χ1v) is 4.55. The summed E-state index contributed by atoms with van der Waals surface area (Å²) in [7, 11) is 0. The Labute approximate surface area is 74.8 Å². The van der Waals surface area contributed by atoms with Gasteiger partial charge in [-0.2, -0.15) is 0 Å². The molecule has 0 heterocycles. The van der Waals surface area contributed by atoms with E-state index in [-0.39, 0.29) is 5.97 Å². The van der Waals surface area contributed by atoms with Gasteiger partial charge in [0.1, 0.15) is 6.61 Å². The van der Waals surface area contributed by atoms with Crippen LogP contribution in [-0.2, 0) is 9.53 Å². The Kier molecular flexibility index (Phi) is 5.67. The Bertz CT molecular complexity index is 132. The Morgan fingerprint density at radius 1 is 1.70 bits per heavy atom. The van der Waals surface area contributed by atoms with Gasteiger partial charge in [0.25, 0.3) is 0 Å². The second-order valence-electron chi connectivity index (χ2n) is 2.06. The van der Waals surface area contributed by atoms with Crippen LogP contribution >= 0.6 is 22.6 Å². The van der Waals surface area contributed by atoms with Gasteiger partial charge in [0, 0.05) is 4.43 Å². The van der Waals surface area contributed by atoms with Crippen LogP contribution in [0, 0.1) is 0 Å². The lowest BCUT2D eigenvalue weighted by Gasteiger charge is -2.01. The number of carbonyl (C=O) groups excluding carboxylic acids is 1. The van der Waals surface area contributed by atoms with Crippen molar-refractivity contribution in [2.24, 2.45) is 0 Å². The number of rotatable bonds is 4.